The molecule has 0 unspecified atom stereocenters. The SMILES string of the molecule is C[CH2][Na].O. The van der Waals surface area contributed by atoms with Crippen LogP contribution in [0, 0.1) is 0 Å². The summed E-state index contributed by atoms with van der Waals surface area (Å²) in [5.41, 5.74) is 0. The van der Waals surface area contributed by atoms with Crippen molar-refractivity contribution in [2.75, 3.05) is 0 Å². The molecule has 0 fully saturated rings. The Morgan fingerprint density at radius 3 is 1.75 bits per heavy atom. The minimum atomic E-state index is 0. The molecular formula is C2H7NaO. The second-order valence-corrected chi connectivity index (χ2v) is 2.12. The number of rotatable bonds is 0. The van der Waals surface area contributed by atoms with Crippen LogP contribution in [0.25, 0.3) is 0 Å². The minimum Gasteiger partial charge on any atom is -0.412 e. The Labute approximate surface area is 44.1 Å². The molecule has 0 rings (SSSR count). The third-order valence-corrected chi connectivity index (χ3v) is 0. The normalized spacial score (nSPS) is 4.75. The van der Waals surface area contributed by atoms with Crippen molar-refractivity contribution in [2.45, 2.75) is 10.6 Å². The van der Waals surface area contributed by atoms with E-state index in [1.807, 2.05) is 0 Å². The van der Waals surface area contributed by atoms with Gasteiger partial charge in [0.15, 0.2) is 0 Å². The van der Waals surface area contributed by atoms with Crippen molar-refractivity contribution < 1.29 is 5.48 Å². The van der Waals surface area contributed by atoms with Gasteiger partial charge in [-0.1, -0.05) is 0 Å². The molecule has 2 N–H and O–H groups in total. The van der Waals surface area contributed by atoms with E-state index in [0.717, 1.165) is 0 Å². The third-order valence-electron chi connectivity index (χ3n) is 0. The van der Waals surface area contributed by atoms with E-state index in [2.05, 4.69) is 6.92 Å². The van der Waals surface area contributed by atoms with Crippen molar-refractivity contribution >= 4 is 27.9 Å². The summed E-state index contributed by atoms with van der Waals surface area (Å²) in [6.07, 6.45) is 0. The van der Waals surface area contributed by atoms with E-state index >= 15 is 0 Å². The molecule has 0 bridgehead atoms. The van der Waals surface area contributed by atoms with Gasteiger partial charge < -0.3 is 5.48 Å². The molecule has 0 radical (unpaired) electrons. The van der Waals surface area contributed by atoms with E-state index in [1.54, 1.807) is 0 Å². The maximum Gasteiger partial charge on any atom is -0.412 e. The summed E-state index contributed by atoms with van der Waals surface area (Å²) in [4.78, 5) is 0. The second-order valence-electron chi connectivity index (χ2n) is 0.707. The van der Waals surface area contributed by atoms with Crippen molar-refractivity contribution in [3.8, 4) is 0 Å². The van der Waals surface area contributed by atoms with Crippen molar-refractivity contribution in [1.82, 2.24) is 0 Å². The van der Waals surface area contributed by atoms with Crippen LogP contribution >= 0.6 is 0 Å². The van der Waals surface area contributed by atoms with Crippen LogP contribution in [0.4, 0.5) is 0 Å². The van der Waals surface area contributed by atoms with Gasteiger partial charge in [0.25, 0.3) is 0 Å². The van der Waals surface area contributed by atoms with Gasteiger partial charge in [-0.3, -0.25) is 0 Å². The Bertz CT molecular complexity index is 6.00. The topological polar surface area (TPSA) is 31.5 Å². The minimum absolute atomic E-state index is 0. The first-order valence-corrected chi connectivity index (χ1v) is 2.83. The Morgan fingerprint density at radius 2 is 1.75 bits per heavy atom. The van der Waals surface area contributed by atoms with Crippen LogP contribution < -0.4 is 0 Å². The van der Waals surface area contributed by atoms with E-state index in [0.29, 0.717) is 0 Å². The summed E-state index contributed by atoms with van der Waals surface area (Å²) in [6, 6.07) is 0. The van der Waals surface area contributed by atoms with Crippen molar-refractivity contribution in [3.63, 3.8) is 0 Å². The molecule has 0 aromatic heterocycles. The second kappa shape index (κ2) is 9.03. The maximum atomic E-state index is 2.19. The summed E-state index contributed by atoms with van der Waals surface area (Å²) < 4.78 is 1.39. The molecule has 0 atom stereocenters. The van der Waals surface area contributed by atoms with Gasteiger partial charge in [0, 0.05) is 0 Å². The summed E-state index contributed by atoms with van der Waals surface area (Å²) in [7, 11) is 0. The Morgan fingerprint density at radius 1 is 1.75 bits per heavy atom. The zero-order chi connectivity index (χ0) is 2.71. The zero-order valence-electron chi connectivity index (χ0n) is 3.21. The first-order chi connectivity index (χ1) is 1.41. The van der Waals surface area contributed by atoms with Crippen LogP contribution in [0.2, 0.25) is 3.67 Å². The monoisotopic (exact) mass is 70.0 g/mol. The molecule has 1 nitrogen and oxygen atoms in total. The largest absolute Gasteiger partial charge is 0.412 e. The van der Waals surface area contributed by atoms with Crippen molar-refractivity contribution in [1.29, 1.82) is 0 Å². The summed E-state index contributed by atoms with van der Waals surface area (Å²) in [6.45, 7) is 2.19. The summed E-state index contributed by atoms with van der Waals surface area (Å²) in [5, 5.41) is 0. The molecule has 0 spiro atoms. The smallest absolute Gasteiger partial charge is 0.412 e. The zero-order valence-corrected chi connectivity index (χ0v) is 5.21. The van der Waals surface area contributed by atoms with Gasteiger partial charge in [0.1, 0.15) is 0 Å². The van der Waals surface area contributed by atoms with E-state index in [-0.39, 0.29) is 5.48 Å². The van der Waals surface area contributed by atoms with Crippen LogP contribution in [-0.4, -0.2) is 33.4 Å². The fourth-order valence-corrected chi connectivity index (χ4v) is 0. The maximum absolute atomic E-state index is 2.19. The molecule has 0 saturated heterocycles. The fraction of sp³-hybridized carbons (Fsp3) is 1.00. The molecule has 0 aliphatic heterocycles. The first kappa shape index (κ1) is 8.88. The van der Waals surface area contributed by atoms with E-state index in [4.69, 9.17) is 0 Å². The van der Waals surface area contributed by atoms with Crippen LogP contribution in [0.1, 0.15) is 6.92 Å². The Hall–Kier alpha value is 0.960. The molecular weight excluding hydrogens is 63.0 g/mol. The average molecular weight is 70.1 g/mol. The summed E-state index contributed by atoms with van der Waals surface area (Å²) in [5.74, 6) is 0. The Kier molecular flexibility index (Phi) is 20.0. The van der Waals surface area contributed by atoms with Crippen LogP contribution in [-0.2, 0) is 0 Å². The van der Waals surface area contributed by atoms with Crippen LogP contribution in [0.15, 0.2) is 0 Å². The quantitative estimate of drug-likeness (QED) is 0.352. The van der Waals surface area contributed by atoms with Crippen molar-refractivity contribution in [3.05, 3.63) is 0 Å². The van der Waals surface area contributed by atoms with E-state index in [9.17, 15) is 0 Å². The molecule has 0 aromatic carbocycles. The molecule has 0 aliphatic carbocycles. The van der Waals surface area contributed by atoms with Gasteiger partial charge in [0.05, 0.1) is 0 Å². The van der Waals surface area contributed by atoms with Gasteiger partial charge in [-0.15, -0.1) is 0 Å². The van der Waals surface area contributed by atoms with Gasteiger partial charge in [-0.2, -0.15) is 0 Å². The predicted octanol–water partition coefficient (Wildman–Crippen LogP) is -0.232. The van der Waals surface area contributed by atoms with Gasteiger partial charge in [-0.25, -0.2) is 0 Å². The first-order valence-electron chi connectivity index (χ1n) is 1.41. The number of hydrogen-bond acceptors (Lipinski definition) is 0. The molecule has 2 heteroatoms. The third kappa shape index (κ3) is 12.3. The standard InChI is InChI=1S/C2H5.Na.H2O/c1-2;;/h1H2,2H3;;1H2. The van der Waals surface area contributed by atoms with E-state index in [1.165, 1.54) is 31.6 Å². The fourth-order valence-electron chi connectivity index (χ4n) is 0. The molecule has 0 aliphatic rings. The van der Waals surface area contributed by atoms with Crippen molar-refractivity contribution in [2.24, 2.45) is 0 Å². The van der Waals surface area contributed by atoms with Gasteiger partial charge in [0.2, 0.25) is 0 Å². The molecule has 22 valence electrons. The van der Waals surface area contributed by atoms with E-state index < -0.39 is 0 Å². The van der Waals surface area contributed by atoms with Gasteiger partial charge in [-0.05, 0) is 0 Å². The molecule has 0 aromatic rings. The summed E-state index contributed by atoms with van der Waals surface area (Å²) >= 11 is 1.37. The average Bonchev–Trinajstić information content (AvgIpc) is 0.918. The molecule has 4 heavy (non-hydrogen) atoms. The molecule has 0 heterocycles. The Balaban J connectivity index is 0. The number of hydrogen-bond donors (Lipinski definition) is 0. The van der Waals surface area contributed by atoms with Gasteiger partial charge >= 0.3 is 38.5 Å². The predicted molar refractivity (Wildman–Crippen MR) is 19.8 cm³/mol. The molecule has 0 amide bonds. The van der Waals surface area contributed by atoms with Crippen LogP contribution in [0.3, 0.4) is 0 Å². The molecule has 0 saturated carbocycles. The van der Waals surface area contributed by atoms with Crippen LogP contribution in [0.5, 0.6) is 0 Å².